The molecule has 0 fully saturated rings. The third kappa shape index (κ3) is 1.78. The van der Waals surface area contributed by atoms with Crippen LogP contribution >= 0.6 is 0 Å². The van der Waals surface area contributed by atoms with E-state index in [-0.39, 0.29) is 0 Å². The number of aromatic nitrogens is 3. The summed E-state index contributed by atoms with van der Waals surface area (Å²) >= 11 is 0. The van der Waals surface area contributed by atoms with Gasteiger partial charge >= 0.3 is 0 Å². The first-order chi connectivity index (χ1) is 7.74. The van der Waals surface area contributed by atoms with E-state index in [1.54, 1.807) is 6.20 Å². The number of anilines is 1. The molecule has 0 spiro atoms. The summed E-state index contributed by atoms with van der Waals surface area (Å²) in [5.74, 6) is 0.927. The van der Waals surface area contributed by atoms with Gasteiger partial charge in [0.2, 0.25) is 0 Å². The van der Waals surface area contributed by atoms with E-state index >= 15 is 0 Å². The van der Waals surface area contributed by atoms with Gasteiger partial charge in [0.1, 0.15) is 0 Å². The fourth-order valence-electron chi connectivity index (χ4n) is 1.71. The number of rotatable bonds is 3. The molecule has 3 N–H and O–H groups in total. The van der Waals surface area contributed by atoms with Crippen molar-refractivity contribution in [2.75, 3.05) is 5.73 Å². The summed E-state index contributed by atoms with van der Waals surface area (Å²) in [6, 6.07) is 5.80. The van der Waals surface area contributed by atoms with E-state index in [0.29, 0.717) is 11.7 Å². The van der Waals surface area contributed by atoms with Gasteiger partial charge in [0, 0.05) is 11.9 Å². The topological polar surface area (TPSA) is 67.6 Å². The zero-order chi connectivity index (χ0) is 11.5. The number of nitrogens with zero attached hydrogens (tertiary/aromatic N) is 2. The van der Waals surface area contributed by atoms with Gasteiger partial charge in [-0.2, -0.15) is 5.10 Å². The SMILES string of the molecule is CCC(C)c1[nH]nc(N)c1-c1ccccn1. The van der Waals surface area contributed by atoms with E-state index in [1.807, 2.05) is 18.2 Å². The molecule has 0 bridgehead atoms. The summed E-state index contributed by atoms with van der Waals surface area (Å²) in [5, 5.41) is 7.08. The van der Waals surface area contributed by atoms with E-state index in [1.165, 1.54) is 0 Å². The molecule has 2 aromatic heterocycles. The van der Waals surface area contributed by atoms with Crippen molar-refractivity contribution in [3.8, 4) is 11.3 Å². The molecular weight excluding hydrogens is 200 g/mol. The second-order valence-electron chi connectivity index (χ2n) is 3.92. The van der Waals surface area contributed by atoms with Gasteiger partial charge < -0.3 is 5.73 Å². The van der Waals surface area contributed by atoms with Gasteiger partial charge in [-0.05, 0) is 24.5 Å². The molecule has 1 atom stereocenters. The standard InChI is InChI=1S/C12H16N4/c1-3-8(2)11-10(12(13)16-15-11)9-6-4-5-7-14-9/h4-8H,3H2,1-2H3,(H3,13,15,16). The maximum absolute atomic E-state index is 5.88. The average Bonchev–Trinajstić information content (AvgIpc) is 2.71. The normalized spacial score (nSPS) is 12.6. The molecule has 0 aromatic carbocycles. The molecule has 84 valence electrons. The minimum atomic E-state index is 0.404. The number of hydrogen-bond acceptors (Lipinski definition) is 3. The minimum Gasteiger partial charge on any atom is -0.382 e. The van der Waals surface area contributed by atoms with Crippen molar-refractivity contribution in [2.45, 2.75) is 26.2 Å². The number of pyridine rings is 1. The van der Waals surface area contributed by atoms with Crippen molar-refractivity contribution < 1.29 is 0 Å². The van der Waals surface area contributed by atoms with Crippen LogP contribution in [0, 0.1) is 0 Å². The Bertz CT molecular complexity index is 461. The van der Waals surface area contributed by atoms with Crippen molar-refractivity contribution in [1.29, 1.82) is 0 Å². The monoisotopic (exact) mass is 216 g/mol. The van der Waals surface area contributed by atoms with Crippen molar-refractivity contribution in [1.82, 2.24) is 15.2 Å². The van der Waals surface area contributed by atoms with Gasteiger partial charge in [0.15, 0.2) is 5.82 Å². The second-order valence-corrected chi connectivity index (χ2v) is 3.92. The molecule has 0 aliphatic carbocycles. The van der Waals surface area contributed by atoms with E-state index < -0.39 is 0 Å². The summed E-state index contributed by atoms with van der Waals surface area (Å²) in [6.45, 7) is 4.29. The van der Waals surface area contributed by atoms with Crippen molar-refractivity contribution in [2.24, 2.45) is 0 Å². The van der Waals surface area contributed by atoms with Crippen LogP contribution in [0.3, 0.4) is 0 Å². The zero-order valence-corrected chi connectivity index (χ0v) is 9.57. The van der Waals surface area contributed by atoms with Crippen LogP contribution < -0.4 is 5.73 Å². The Morgan fingerprint density at radius 3 is 2.88 bits per heavy atom. The van der Waals surface area contributed by atoms with Gasteiger partial charge in [-0.3, -0.25) is 10.1 Å². The number of nitrogen functional groups attached to an aromatic ring is 1. The molecule has 16 heavy (non-hydrogen) atoms. The van der Waals surface area contributed by atoms with E-state index in [9.17, 15) is 0 Å². The van der Waals surface area contributed by atoms with Crippen LogP contribution in [0.25, 0.3) is 11.3 Å². The largest absolute Gasteiger partial charge is 0.382 e. The highest BCUT2D eigenvalue weighted by Gasteiger charge is 2.17. The van der Waals surface area contributed by atoms with Crippen LogP contribution in [-0.2, 0) is 0 Å². The van der Waals surface area contributed by atoms with Gasteiger partial charge in [-0.25, -0.2) is 0 Å². The van der Waals surface area contributed by atoms with E-state index in [4.69, 9.17) is 5.73 Å². The van der Waals surface area contributed by atoms with E-state index in [2.05, 4.69) is 29.0 Å². The Morgan fingerprint density at radius 2 is 2.25 bits per heavy atom. The fourth-order valence-corrected chi connectivity index (χ4v) is 1.71. The summed E-state index contributed by atoms with van der Waals surface area (Å²) in [5.41, 5.74) is 8.77. The highest BCUT2D eigenvalue weighted by atomic mass is 15.2. The molecular formula is C12H16N4. The Balaban J connectivity index is 2.52. The van der Waals surface area contributed by atoms with Crippen LogP contribution in [0.15, 0.2) is 24.4 Å². The molecule has 0 aliphatic heterocycles. The molecule has 0 radical (unpaired) electrons. The van der Waals surface area contributed by atoms with E-state index in [0.717, 1.165) is 23.4 Å². The van der Waals surface area contributed by atoms with Crippen LogP contribution in [0.1, 0.15) is 31.9 Å². The molecule has 0 aliphatic rings. The lowest BCUT2D eigenvalue weighted by atomic mass is 9.99. The van der Waals surface area contributed by atoms with Gasteiger partial charge in [-0.1, -0.05) is 19.9 Å². The van der Waals surface area contributed by atoms with Crippen LogP contribution in [0.2, 0.25) is 0 Å². The molecule has 4 heteroatoms. The highest BCUT2D eigenvalue weighted by molar-refractivity contribution is 5.73. The Hall–Kier alpha value is -1.84. The lowest BCUT2D eigenvalue weighted by molar-refractivity contribution is 0.704. The number of nitrogens with one attached hydrogen (secondary N) is 1. The van der Waals surface area contributed by atoms with Crippen molar-refractivity contribution in [3.05, 3.63) is 30.1 Å². The van der Waals surface area contributed by atoms with Crippen LogP contribution in [0.5, 0.6) is 0 Å². The van der Waals surface area contributed by atoms with Crippen LogP contribution in [-0.4, -0.2) is 15.2 Å². The lowest BCUT2D eigenvalue weighted by Crippen LogP contribution is -1.96. The maximum Gasteiger partial charge on any atom is 0.154 e. The van der Waals surface area contributed by atoms with Gasteiger partial charge in [0.25, 0.3) is 0 Å². The Morgan fingerprint density at radius 1 is 1.44 bits per heavy atom. The third-order valence-electron chi connectivity index (χ3n) is 2.85. The first-order valence-corrected chi connectivity index (χ1v) is 5.49. The quantitative estimate of drug-likeness (QED) is 0.828. The average molecular weight is 216 g/mol. The summed E-state index contributed by atoms with van der Waals surface area (Å²) in [4.78, 5) is 4.32. The predicted octanol–water partition coefficient (Wildman–Crippen LogP) is 2.57. The molecule has 2 rings (SSSR count). The molecule has 2 heterocycles. The summed E-state index contributed by atoms with van der Waals surface area (Å²) in [6.07, 6.45) is 2.81. The lowest BCUT2D eigenvalue weighted by Gasteiger charge is -2.08. The summed E-state index contributed by atoms with van der Waals surface area (Å²) < 4.78 is 0. The van der Waals surface area contributed by atoms with Gasteiger partial charge in [-0.15, -0.1) is 0 Å². The molecule has 0 saturated carbocycles. The highest BCUT2D eigenvalue weighted by Crippen LogP contribution is 2.31. The van der Waals surface area contributed by atoms with Crippen LogP contribution in [0.4, 0.5) is 5.82 Å². The van der Waals surface area contributed by atoms with Crippen molar-refractivity contribution in [3.63, 3.8) is 0 Å². The van der Waals surface area contributed by atoms with Gasteiger partial charge in [0.05, 0.1) is 11.3 Å². The number of H-pyrrole nitrogens is 1. The number of nitrogens with two attached hydrogens (primary N) is 1. The first kappa shape index (κ1) is 10.7. The Kier molecular flexibility index (Phi) is 2.90. The third-order valence-corrected chi connectivity index (χ3v) is 2.85. The smallest absolute Gasteiger partial charge is 0.154 e. The first-order valence-electron chi connectivity index (χ1n) is 5.49. The molecule has 2 aromatic rings. The second kappa shape index (κ2) is 4.35. The fraction of sp³-hybridized carbons (Fsp3) is 0.333. The summed E-state index contributed by atoms with van der Waals surface area (Å²) in [7, 11) is 0. The number of aromatic amines is 1. The molecule has 0 amide bonds. The van der Waals surface area contributed by atoms with Crippen molar-refractivity contribution >= 4 is 5.82 Å². The molecule has 4 nitrogen and oxygen atoms in total. The predicted molar refractivity (Wildman–Crippen MR) is 64.9 cm³/mol. The molecule has 0 saturated heterocycles. The zero-order valence-electron chi connectivity index (χ0n) is 9.57. The minimum absolute atomic E-state index is 0.404. The molecule has 1 unspecified atom stereocenters. The maximum atomic E-state index is 5.88. The Labute approximate surface area is 94.9 Å². The number of hydrogen-bond donors (Lipinski definition) is 2.